The van der Waals surface area contributed by atoms with Gasteiger partial charge < -0.3 is 10.2 Å². The van der Waals surface area contributed by atoms with Crippen LogP contribution in [0, 0.1) is 6.92 Å². The summed E-state index contributed by atoms with van der Waals surface area (Å²) in [5.41, 5.74) is 2.45. The number of nitrogens with zero attached hydrogens (tertiary/aromatic N) is 1. The smallest absolute Gasteiger partial charge is 0.224 e. The van der Waals surface area contributed by atoms with Crippen LogP contribution in [-0.2, 0) is 4.79 Å². The number of halogens is 1. The molecule has 1 rings (SSSR count). The SMILES string of the molecule is CNCCC(=O)N(C)C(C)c1ccccc1C.Cl. The van der Waals surface area contributed by atoms with Crippen molar-refractivity contribution >= 4 is 18.3 Å². The highest BCUT2D eigenvalue weighted by atomic mass is 35.5. The minimum atomic E-state index is 0. The Balaban J connectivity index is 0.00000289. The molecule has 0 saturated heterocycles. The molecule has 0 fully saturated rings. The number of rotatable bonds is 5. The van der Waals surface area contributed by atoms with Crippen LogP contribution in [0.2, 0.25) is 0 Å². The second-order valence-electron chi connectivity index (χ2n) is 4.39. The van der Waals surface area contributed by atoms with Crippen molar-refractivity contribution in [2.45, 2.75) is 26.3 Å². The van der Waals surface area contributed by atoms with E-state index in [0.717, 1.165) is 6.54 Å². The van der Waals surface area contributed by atoms with Crippen LogP contribution in [0.4, 0.5) is 0 Å². The van der Waals surface area contributed by atoms with Crippen molar-refractivity contribution in [3.05, 3.63) is 35.4 Å². The first-order valence-corrected chi connectivity index (χ1v) is 6.03. The zero-order chi connectivity index (χ0) is 12.8. The molecule has 0 spiro atoms. The Hall–Kier alpha value is -1.06. The van der Waals surface area contributed by atoms with E-state index in [0.29, 0.717) is 6.42 Å². The van der Waals surface area contributed by atoms with Gasteiger partial charge in [-0.25, -0.2) is 0 Å². The lowest BCUT2D eigenvalue weighted by Crippen LogP contribution is -2.31. The highest BCUT2D eigenvalue weighted by molar-refractivity contribution is 5.85. The van der Waals surface area contributed by atoms with Gasteiger partial charge in [0, 0.05) is 20.0 Å². The van der Waals surface area contributed by atoms with Gasteiger partial charge in [0.2, 0.25) is 5.91 Å². The Morgan fingerprint density at radius 3 is 2.56 bits per heavy atom. The van der Waals surface area contributed by atoms with Crippen LogP contribution < -0.4 is 5.32 Å². The summed E-state index contributed by atoms with van der Waals surface area (Å²) in [7, 11) is 3.73. The third-order valence-corrected chi connectivity index (χ3v) is 3.20. The summed E-state index contributed by atoms with van der Waals surface area (Å²) in [6, 6.07) is 8.33. The minimum absolute atomic E-state index is 0. The predicted molar refractivity (Wildman–Crippen MR) is 78.2 cm³/mol. The molecule has 3 nitrogen and oxygen atoms in total. The van der Waals surface area contributed by atoms with E-state index in [1.165, 1.54) is 11.1 Å². The van der Waals surface area contributed by atoms with E-state index >= 15 is 0 Å². The molecule has 1 amide bonds. The molecule has 1 aromatic rings. The number of hydrogen-bond donors (Lipinski definition) is 1. The van der Waals surface area contributed by atoms with Crippen LogP contribution in [0.5, 0.6) is 0 Å². The zero-order valence-corrected chi connectivity index (χ0v) is 12.4. The number of amides is 1. The summed E-state index contributed by atoms with van der Waals surface area (Å²) in [6.45, 7) is 4.88. The van der Waals surface area contributed by atoms with Gasteiger partial charge in [0.1, 0.15) is 0 Å². The van der Waals surface area contributed by atoms with Crippen LogP contribution in [0.15, 0.2) is 24.3 Å². The quantitative estimate of drug-likeness (QED) is 0.892. The molecule has 1 unspecified atom stereocenters. The largest absolute Gasteiger partial charge is 0.339 e. The molecule has 0 aliphatic heterocycles. The van der Waals surface area contributed by atoms with Crippen molar-refractivity contribution in [2.24, 2.45) is 0 Å². The van der Waals surface area contributed by atoms with Gasteiger partial charge in [0.25, 0.3) is 0 Å². The molecule has 0 aromatic heterocycles. The van der Waals surface area contributed by atoms with E-state index in [-0.39, 0.29) is 24.4 Å². The number of carbonyl (C=O) groups is 1. The average Bonchev–Trinajstić information content (AvgIpc) is 2.34. The summed E-state index contributed by atoms with van der Waals surface area (Å²) in [5.74, 6) is 0.176. The first-order valence-electron chi connectivity index (χ1n) is 6.03. The van der Waals surface area contributed by atoms with Crippen LogP contribution >= 0.6 is 12.4 Å². The van der Waals surface area contributed by atoms with Crippen LogP contribution in [-0.4, -0.2) is 31.4 Å². The molecular formula is C14H23ClN2O. The maximum absolute atomic E-state index is 11.9. The summed E-state index contributed by atoms with van der Waals surface area (Å²) < 4.78 is 0. The van der Waals surface area contributed by atoms with Gasteiger partial charge in [-0.15, -0.1) is 12.4 Å². The van der Waals surface area contributed by atoms with Crippen molar-refractivity contribution in [2.75, 3.05) is 20.6 Å². The van der Waals surface area contributed by atoms with E-state index in [9.17, 15) is 4.79 Å². The maximum Gasteiger partial charge on any atom is 0.224 e. The lowest BCUT2D eigenvalue weighted by atomic mass is 10.0. The number of nitrogens with one attached hydrogen (secondary N) is 1. The van der Waals surface area contributed by atoms with E-state index in [2.05, 4.69) is 31.3 Å². The van der Waals surface area contributed by atoms with Gasteiger partial charge in [-0.1, -0.05) is 24.3 Å². The van der Waals surface area contributed by atoms with E-state index in [4.69, 9.17) is 0 Å². The first kappa shape index (κ1) is 16.9. The fourth-order valence-electron chi connectivity index (χ4n) is 1.89. The Labute approximate surface area is 116 Å². The first-order chi connectivity index (χ1) is 8.07. The lowest BCUT2D eigenvalue weighted by Gasteiger charge is -2.26. The molecule has 1 aromatic carbocycles. The molecule has 0 saturated carbocycles. The van der Waals surface area contributed by atoms with Gasteiger partial charge in [-0.2, -0.15) is 0 Å². The predicted octanol–water partition coefficient (Wildman–Crippen LogP) is 2.55. The Kier molecular flexibility index (Phi) is 7.64. The number of hydrogen-bond acceptors (Lipinski definition) is 2. The molecule has 0 aliphatic rings. The van der Waals surface area contributed by atoms with E-state index < -0.39 is 0 Å². The second-order valence-corrected chi connectivity index (χ2v) is 4.39. The van der Waals surface area contributed by atoms with E-state index in [1.54, 1.807) is 0 Å². The fraction of sp³-hybridized carbons (Fsp3) is 0.500. The number of carbonyl (C=O) groups excluding carboxylic acids is 1. The monoisotopic (exact) mass is 270 g/mol. The highest BCUT2D eigenvalue weighted by Gasteiger charge is 2.17. The minimum Gasteiger partial charge on any atom is -0.339 e. The van der Waals surface area contributed by atoms with Crippen molar-refractivity contribution < 1.29 is 4.79 Å². The van der Waals surface area contributed by atoms with Crippen molar-refractivity contribution in [1.82, 2.24) is 10.2 Å². The molecule has 0 radical (unpaired) electrons. The molecule has 18 heavy (non-hydrogen) atoms. The summed E-state index contributed by atoms with van der Waals surface area (Å²) >= 11 is 0. The van der Waals surface area contributed by atoms with E-state index in [1.807, 2.05) is 31.1 Å². The summed E-state index contributed by atoms with van der Waals surface area (Å²) in [6.07, 6.45) is 0.545. The van der Waals surface area contributed by atoms with Crippen LogP contribution in [0.1, 0.15) is 30.5 Å². The van der Waals surface area contributed by atoms with Gasteiger partial charge in [-0.3, -0.25) is 4.79 Å². The molecule has 102 valence electrons. The van der Waals surface area contributed by atoms with Crippen molar-refractivity contribution in [3.63, 3.8) is 0 Å². The second kappa shape index (κ2) is 8.11. The molecular weight excluding hydrogens is 248 g/mol. The number of aryl methyl sites for hydroxylation is 1. The summed E-state index contributed by atoms with van der Waals surface area (Å²) in [5, 5.41) is 3.00. The Morgan fingerprint density at radius 2 is 2.00 bits per heavy atom. The van der Waals surface area contributed by atoms with Crippen molar-refractivity contribution in [1.29, 1.82) is 0 Å². The molecule has 1 N–H and O–H groups in total. The van der Waals surface area contributed by atoms with Crippen molar-refractivity contribution in [3.8, 4) is 0 Å². The Bertz CT molecular complexity index is 382. The molecule has 0 aliphatic carbocycles. The molecule has 0 heterocycles. The third kappa shape index (κ3) is 4.31. The molecule has 0 bridgehead atoms. The lowest BCUT2D eigenvalue weighted by molar-refractivity contribution is -0.131. The van der Waals surface area contributed by atoms with Crippen LogP contribution in [0.25, 0.3) is 0 Å². The highest BCUT2D eigenvalue weighted by Crippen LogP contribution is 2.22. The third-order valence-electron chi connectivity index (χ3n) is 3.20. The molecule has 1 atom stereocenters. The van der Waals surface area contributed by atoms with Gasteiger partial charge in [-0.05, 0) is 32.0 Å². The van der Waals surface area contributed by atoms with Gasteiger partial charge in [0.15, 0.2) is 0 Å². The zero-order valence-electron chi connectivity index (χ0n) is 11.6. The van der Waals surface area contributed by atoms with Gasteiger partial charge in [0.05, 0.1) is 6.04 Å². The maximum atomic E-state index is 11.9. The average molecular weight is 271 g/mol. The summed E-state index contributed by atoms with van der Waals surface area (Å²) in [4.78, 5) is 13.7. The number of benzene rings is 1. The fourth-order valence-corrected chi connectivity index (χ4v) is 1.89. The standard InChI is InChI=1S/C14H22N2O.ClH/c1-11-7-5-6-8-13(11)12(2)16(4)14(17)9-10-15-3;/h5-8,12,15H,9-10H2,1-4H3;1H. The van der Waals surface area contributed by atoms with Crippen LogP contribution in [0.3, 0.4) is 0 Å². The molecule has 4 heteroatoms. The normalized spacial score (nSPS) is 11.6. The van der Waals surface area contributed by atoms with Gasteiger partial charge >= 0.3 is 0 Å². The topological polar surface area (TPSA) is 32.3 Å². The Morgan fingerprint density at radius 1 is 1.39 bits per heavy atom.